The van der Waals surface area contributed by atoms with Crippen LogP contribution in [0.15, 0.2) is 85.2 Å². The SMILES string of the molecule is CC(C)(C)OC(=O)NC[C@H](c1ccccc1)n1c(C(=O)O)cc2cnc(Cl)nc21.O=C1NC[C@H](c2ccccc2)n2c1cc1cnc(Cl)nc12. The monoisotopic (exact) mass is 714 g/mol. The first-order valence-electron chi connectivity index (χ1n) is 15.5. The number of hydrogen-bond donors (Lipinski definition) is 3. The molecule has 0 aliphatic carbocycles. The van der Waals surface area contributed by atoms with Crippen LogP contribution < -0.4 is 10.6 Å². The van der Waals surface area contributed by atoms with Gasteiger partial charge in [0.25, 0.3) is 5.91 Å². The van der Waals surface area contributed by atoms with Crippen molar-refractivity contribution in [1.29, 1.82) is 0 Å². The second-order valence-electron chi connectivity index (χ2n) is 12.4. The number of nitrogens with one attached hydrogen (secondary N) is 2. The van der Waals surface area contributed by atoms with Gasteiger partial charge in [0.15, 0.2) is 0 Å². The zero-order valence-corrected chi connectivity index (χ0v) is 28.7. The maximum Gasteiger partial charge on any atom is 0.407 e. The van der Waals surface area contributed by atoms with E-state index in [1.54, 1.807) is 33.0 Å². The molecule has 7 rings (SSSR count). The first-order valence-corrected chi connectivity index (χ1v) is 16.3. The van der Waals surface area contributed by atoms with Crippen LogP contribution in [0.25, 0.3) is 22.1 Å². The van der Waals surface area contributed by atoms with Crippen LogP contribution in [0.5, 0.6) is 0 Å². The van der Waals surface area contributed by atoms with E-state index >= 15 is 0 Å². The standard InChI is InChI=1S/C20H21ClN4O4.C15H11ClN4O/c1-20(2,3)29-19(28)23-11-15(12-7-5-4-6-8-12)25-14(17(26)27)9-13-10-22-18(21)24-16(13)25;16-15-18-7-10-6-11-14(21)17-8-12(20(11)13(10)19-15)9-4-2-1-3-5-9/h4-10,15H,11H2,1-3H3,(H,23,28)(H,26,27);1-7,12H,8H2,(H,17,21)/t15-;12-/m11/s1. The van der Waals surface area contributed by atoms with E-state index in [4.69, 9.17) is 27.9 Å². The Morgan fingerprint density at radius 3 is 2.18 bits per heavy atom. The van der Waals surface area contributed by atoms with Crippen molar-refractivity contribution in [3.8, 4) is 0 Å². The Balaban J connectivity index is 0.000000181. The van der Waals surface area contributed by atoms with E-state index in [0.29, 0.717) is 28.9 Å². The first-order chi connectivity index (χ1) is 23.9. The quantitative estimate of drug-likeness (QED) is 0.168. The van der Waals surface area contributed by atoms with Gasteiger partial charge in [-0.05, 0) is 67.2 Å². The van der Waals surface area contributed by atoms with Crippen LogP contribution in [-0.2, 0) is 4.74 Å². The molecule has 0 saturated carbocycles. The average Bonchev–Trinajstić information content (AvgIpc) is 3.65. The predicted octanol–water partition coefficient (Wildman–Crippen LogP) is 6.31. The number of fused-ring (bicyclic) bond motifs is 4. The Bertz CT molecular complexity index is 2200. The number of carboxylic acid groups (broad SMARTS) is 1. The van der Waals surface area contributed by atoms with Crippen LogP contribution >= 0.6 is 23.2 Å². The van der Waals surface area contributed by atoms with Gasteiger partial charge in [-0.15, -0.1) is 0 Å². The lowest BCUT2D eigenvalue weighted by molar-refractivity contribution is 0.0522. The van der Waals surface area contributed by atoms with E-state index in [2.05, 4.69) is 30.6 Å². The summed E-state index contributed by atoms with van der Waals surface area (Å²) in [4.78, 5) is 52.6. The summed E-state index contributed by atoms with van der Waals surface area (Å²) in [7, 11) is 0. The zero-order chi connectivity index (χ0) is 35.6. The number of nitrogens with zero attached hydrogens (tertiary/aromatic N) is 6. The van der Waals surface area contributed by atoms with E-state index in [0.717, 1.165) is 16.5 Å². The van der Waals surface area contributed by atoms with Gasteiger partial charge < -0.3 is 29.6 Å². The number of ether oxygens (including phenoxy) is 1. The van der Waals surface area contributed by atoms with Crippen molar-refractivity contribution in [1.82, 2.24) is 39.7 Å². The van der Waals surface area contributed by atoms with Gasteiger partial charge >= 0.3 is 12.1 Å². The fraction of sp³-hybridized carbons (Fsp3) is 0.229. The number of carboxylic acids is 1. The molecule has 50 heavy (non-hydrogen) atoms. The van der Waals surface area contributed by atoms with Gasteiger partial charge in [0.05, 0.1) is 12.1 Å². The Labute approximate surface area is 296 Å². The summed E-state index contributed by atoms with van der Waals surface area (Å²) >= 11 is 11.9. The van der Waals surface area contributed by atoms with E-state index < -0.39 is 23.7 Å². The normalized spacial score (nSPS) is 14.7. The number of rotatable bonds is 6. The van der Waals surface area contributed by atoms with E-state index in [9.17, 15) is 19.5 Å². The maximum atomic E-state index is 12.2. The number of aromatic nitrogens is 6. The largest absolute Gasteiger partial charge is 0.477 e. The molecule has 0 spiro atoms. The van der Waals surface area contributed by atoms with Crippen LogP contribution in [0.1, 0.15) is 65.0 Å². The molecular formula is C35H32Cl2N8O5. The predicted molar refractivity (Wildman–Crippen MR) is 188 cm³/mol. The number of alkyl carbamates (subject to hydrolysis) is 1. The van der Waals surface area contributed by atoms with Crippen molar-refractivity contribution in [2.24, 2.45) is 0 Å². The molecule has 5 heterocycles. The molecule has 0 radical (unpaired) electrons. The van der Waals surface area contributed by atoms with Crippen LogP contribution in [-0.4, -0.2) is 70.8 Å². The summed E-state index contributed by atoms with van der Waals surface area (Å²) in [5.74, 6) is -1.23. The molecule has 2 atom stereocenters. The van der Waals surface area contributed by atoms with Crippen LogP contribution in [0.3, 0.4) is 0 Å². The Morgan fingerprint density at radius 2 is 1.56 bits per heavy atom. The van der Waals surface area contributed by atoms with E-state index in [-0.39, 0.29) is 34.8 Å². The van der Waals surface area contributed by atoms with Crippen molar-refractivity contribution in [3.63, 3.8) is 0 Å². The summed E-state index contributed by atoms with van der Waals surface area (Å²) in [6.45, 7) is 5.92. The van der Waals surface area contributed by atoms with Crippen molar-refractivity contribution >= 4 is 63.2 Å². The van der Waals surface area contributed by atoms with Crippen LogP contribution in [0, 0.1) is 0 Å². The lowest BCUT2D eigenvalue weighted by Gasteiger charge is -2.27. The molecular weight excluding hydrogens is 683 g/mol. The number of halogens is 2. The Morgan fingerprint density at radius 1 is 0.960 bits per heavy atom. The van der Waals surface area contributed by atoms with Crippen molar-refractivity contribution in [3.05, 3.63) is 118 Å². The number of benzene rings is 2. The molecule has 256 valence electrons. The second kappa shape index (κ2) is 14.1. The summed E-state index contributed by atoms with van der Waals surface area (Å²) in [6.07, 6.45) is 2.52. The van der Waals surface area contributed by atoms with Gasteiger partial charge in [0.1, 0.15) is 28.3 Å². The highest BCUT2D eigenvalue weighted by Crippen LogP contribution is 2.30. The molecule has 1 aliphatic rings. The summed E-state index contributed by atoms with van der Waals surface area (Å²) in [5, 5.41) is 16.9. The number of aromatic carboxylic acids is 1. The molecule has 1 aliphatic heterocycles. The molecule has 15 heteroatoms. The molecule has 0 saturated heterocycles. The number of hydrogen-bond acceptors (Lipinski definition) is 8. The molecule has 0 unspecified atom stereocenters. The molecule has 13 nitrogen and oxygen atoms in total. The molecule has 0 bridgehead atoms. The fourth-order valence-electron chi connectivity index (χ4n) is 5.79. The minimum absolute atomic E-state index is 0.000650. The lowest BCUT2D eigenvalue weighted by atomic mass is 10.0. The first kappa shape index (κ1) is 34.3. The Kier molecular flexibility index (Phi) is 9.71. The number of amides is 2. The van der Waals surface area contributed by atoms with Gasteiger partial charge in [-0.3, -0.25) is 4.79 Å². The molecule has 6 aromatic rings. The molecule has 2 aromatic carbocycles. The Hall–Kier alpha value is -5.53. The van der Waals surface area contributed by atoms with Gasteiger partial charge in [-0.2, -0.15) is 9.97 Å². The number of carbonyl (C=O) groups is 3. The van der Waals surface area contributed by atoms with Gasteiger partial charge in [-0.1, -0.05) is 60.7 Å². The molecule has 2 amide bonds. The molecule has 3 N–H and O–H groups in total. The summed E-state index contributed by atoms with van der Waals surface area (Å²) < 4.78 is 8.78. The highest BCUT2D eigenvalue weighted by atomic mass is 35.5. The fourth-order valence-corrected chi connectivity index (χ4v) is 6.04. The molecule has 4 aromatic heterocycles. The minimum atomic E-state index is -1.13. The summed E-state index contributed by atoms with van der Waals surface area (Å²) in [6, 6.07) is 22.0. The van der Waals surface area contributed by atoms with Gasteiger partial charge in [-0.25, -0.2) is 19.6 Å². The van der Waals surface area contributed by atoms with Crippen LogP contribution in [0.2, 0.25) is 10.6 Å². The maximum absolute atomic E-state index is 12.2. The third-order valence-electron chi connectivity index (χ3n) is 7.83. The summed E-state index contributed by atoms with van der Waals surface area (Å²) in [5.41, 5.74) is 2.90. The highest BCUT2D eigenvalue weighted by Gasteiger charge is 2.29. The average molecular weight is 716 g/mol. The minimum Gasteiger partial charge on any atom is -0.477 e. The highest BCUT2D eigenvalue weighted by molar-refractivity contribution is 6.28. The third kappa shape index (κ3) is 7.38. The van der Waals surface area contributed by atoms with E-state index in [1.165, 1.54) is 16.8 Å². The van der Waals surface area contributed by atoms with Crippen molar-refractivity contribution in [2.45, 2.75) is 38.5 Å². The topological polar surface area (TPSA) is 166 Å². The number of carbonyl (C=O) groups excluding carboxylic acids is 2. The van der Waals surface area contributed by atoms with Gasteiger partial charge in [0.2, 0.25) is 10.6 Å². The van der Waals surface area contributed by atoms with Crippen molar-refractivity contribution < 1.29 is 24.2 Å². The third-order valence-corrected chi connectivity index (χ3v) is 8.20. The van der Waals surface area contributed by atoms with Crippen molar-refractivity contribution in [2.75, 3.05) is 13.1 Å². The lowest BCUT2D eigenvalue weighted by Crippen LogP contribution is -2.39. The molecule has 0 fully saturated rings. The smallest absolute Gasteiger partial charge is 0.407 e. The zero-order valence-electron chi connectivity index (χ0n) is 27.2. The second-order valence-corrected chi connectivity index (χ2v) is 13.1. The van der Waals surface area contributed by atoms with Gasteiger partial charge in [0, 0.05) is 36.3 Å². The van der Waals surface area contributed by atoms with E-state index in [1.807, 2.05) is 65.2 Å². The van der Waals surface area contributed by atoms with Crippen LogP contribution in [0.4, 0.5) is 4.79 Å².